The average molecular weight is 265 g/mol. The van der Waals surface area contributed by atoms with E-state index in [9.17, 15) is 15.3 Å². The fourth-order valence-corrected chi connectivity index (χ4v) is 2.89. The van der Waals surface area contributed by atoms with E-state index >= 15 is 0 Å². The van der Waals surface area contributed by atoms with Crippen LogP contribution in [0.2, 0.25) is 0 Å². The van der Waals surface area contributed by atoms with Gasteiger partial charge in [0.1, 0.15) is 11.5 Å². The first kappa shape index (κ1) is 14.2. The molecule has 0 aromatic heterocycles. The smallest absolute Gasteiger partial charge is 0.123 e. The SMILES string of the molecule is OCC1CCCCC1CNCc1ccc(O)cc1O. The van der Waals surface area contributed by atoms with Crippen molar-refractivity contribution in [3.8, 4) is 11.5 Å². The molecule has 1 saturated carbocycles. The highest BCUT2D eigenvalue weighted by molar-refractivity contribution is 5.38. The van der Waals surface area contributed by atoms with E-state index in [1.807, 2.05) is 0 Å². The van der Waals surface area contributed by atoms with E-state index in [-0.39, 0.29) is 18.1 Å². The predicted molar refractivity (Wildman–Crippen MR) is 74.0 cm³/mol. The van der Waals surface area contributed by atoms with E-state index in [1.54, 1.807) is 12.1 Å². The first-order chi connectivity index (χ1) is 9.20. The van der Waals surface area contributed by atoms with Crippen molar-refractivity contribution >= 4 is 0 Å². The van der Waals surface area contributed by atoms with Gasteiger partial charge in [0.05, 0.1) is 0 Å². The van der Waals surface area contributed by atoms with Crippen LogP contribution in [0.5, 0.6) is 11.5 Å². The summed E-state index contributed by atoms with van der Waals surface area (Å²) in [5.74, 6) is 1.14. The first-order valence-electron chi connectivity index (χ1n) is 7.03. The maximum Gasteiger partial charge on any atom is 0.123 e. The summed E-state index contributed by atoms with van der Waals surface area (Å²) in [6, 6.07) is 4.66. The third kappa shape index (κ3) is 3.85. The maximum absolute atomic E-state index is 9.69. The summed E-state index contributed by atoms with van der Waals surface area (Å²) < 4.78 is 0. The zero-order chi connectivity index (χ0) is 13.7. The highest BCUT2D eigenvalue weighted by Gasteiger charge is 2.23. The van der Waals surface area contributed by atoms with Crippen molar-refractivity contribution in [2.75, 3.05) is 13.2 Å². The Morgan fingerprint density at radius 3 is 2.53 bits per heavy atom. The maximum atomic E-state index is 9.69. The minimum atomic E-state index is 0.0777. The van der Waals surface area contributed by atoms with Crippen molar-refractivity contribution in [1.82, 2.24) is 5.32 Å². The molecule has 2 atom stereocenters. The van der Waals surface area contributed by atoms with E-state index in [4.69, 9.17) is 0 Å². The molecule has 0 radical (unpaired) electrons. The van der Waals surface area contributed by atoms with Crippen molar-refractivity contribution in [2.24, 2.45) is 11.8 Å². The van der Waals surface area contributed by atoms with Crippen molar-refractivity contribution < 1.29 is 15.3 Å². The highest BCUT2D eigenvalue weighted by atomic mass is 16.3. The van der Waals surface area contributed by atoms with Crippen molar-refractivity contribution in [3.05, 3.63) is 23.8 Å². The van der Waals surface area contributed by atoms with E-state index in [0.29, 0.717) is 18.4 Å². The largest absolute Gasteiger partial charge is 0.508 e. The third-order valence-corrected chi connectivity index (χ3v) is 4.09. The second-order valence-electron chi connectivity index (χ2n) is 5.43. The minimum Gasteiger partial charge on any atom is -0.508 e. The number of nitrogens with one attached hydrogen (secondary N) is 1. The minimum absolute atomic E-state index is 0.0777. The highest BCUT2D eigenvalue weighted by Crippen LogP contribution is 2.29. The number of aliphatic hydroxyl groups excluding tert-OH is 1. The van der Waals surface area contributed by atoms with E-state index in [0.717, 1.165) is 18.5 Å². The molecule has 1 aromatic rings. The first-order valence-corrected chi connectivity index (χ1v) is 7.03. The summed E-state index contributed by atoms with van der Waals surface area (Å²) in [5.41, 5.74) is 0.786. The van der Waals surface area contributed by atoms with Crippen LogP contribution in [0, 0.1) is 11.8 Å². The lowest BCUT2D eigenvalue weighted by Crippen LogP contribution is -2.32. The number of hydrogen-bond donors (Lipinski definition) is 4. The molecular weight excluding hydrogens is 242 g/mol. The molecule has 19 heavy (non-hydrogen) atoms. The molecule has 0 heterocycles. The van der Waals surface area contributed by atoms with Gasteiger partial charge in [-0.15, -0.1) is 0 Å². The molecule has 1 aliphatic carbocycles. The summed E-state index contributed by atoms with van der Waals surface area (Å²) in [7, 11) is 0. The molecule has 1 fully saturated rings. The quantitative estimate of drug-likeness (QED) is 0.657. The Bertz CT molecular complexity index is 408. The molecule has 0 aliphatic heterocycles. The molecule has 4 N–H and O–H groups in total. The molecule has 1 aliphatic rings. The standard InChI is InChI=1S/C15H23NO3/c17-10-13-4-2-1-3-11(13)8-16-9-12-5-6-14(18)7-15(12)19/h5-7,11,13,16-19H,1-4,8-10H2. The molecule has 4 nitrogen and oxygen atoms in total. The summed E-state index contributed by atoms with van der Waals surface area (Å²) >= 11 is 0. The Balaban J connectivity index is 1.82. The van der Waals surface area contributed by atoms with Crippen LogP contribution < -0.4 is 5.32 Å². The van der Waals surface area contributed by atoms with Gasteiger partial charge in [0.15, 0.2) is 0 Å². The average Bonchev–Trinajstić information content (AvgIpc) is 2.42. The molecule has 1 aromatic carbocycles. The molecule has 0 amide bonds. The van der Waals surface area contributed by atoms with Crippen molar-refractivity contribution in [2.45, 2.75) is 32.2 Å². The number of phenols is 2. The molecule has 2 unspecified atom stereocenters. The number of aliphatic hydroxyl groups is 1. The van der Waals surface area contributed by atoms with Crippen LogP contribution >= 0.6 is 0 Å². The van der Waals surface area contributed by atoms with Gasteiger partial charge in [-0.25, -0.2) is 0 Å². The number of aromatic hydroxyl groups is 2. The number of benzene rings is 1. The Morgan fingerprint density at radius 1 is 1.11 bits per heavy atom. The third-order valence-electron chi connectivity index (χ3n) is 4.09. The predicted octanol–water partition coefficient (Wildman–Crippen LogP) is 1.99. The van der Waals surface area contributed by atoms with Crippen LogP contribution in [0.3, 0.4) is 0 Å². The fraction of sp³-hybridized carbons (Fsp3) is 0.600. The monoisotopic (exact) mass is 265 g/mol. The van der Waals surface area contributed by atoms with Gasteiger partial charge in [0, 0.05) is 24.8 Å². The van der Waals surface area contributed by atoms with Crippen LogP contribution in [0.15, 0.2) is 18.2 Å². The zero-order valence-corrected chi connectivity index (χ0v) is 11.2. The fourth-order valence-electron chi connectivity index (χ4n) is 2.89. The summed E-state index contributed by atoms with van der Waals surface area (Å²) in [6.45, 7) is 1.73. The van der Waals surface area contributed by atoms with Gasteiger partial charge in [-0.1, -0.05) is 18.9 Å². The molecule has 106 valence electrons. The molecule has 2 rings (SSSR count). The molecular formula is C15H23NO3. The Kier molecular flexibility index (Phi) is 5.05. The van der Waals surface area contributed by atoms with Gasteiger partial charge < -0.3 is 20.6 Å². The molecule has 4 heteroatoms. The van der Waals surface area contributed by atoms with E-state index in [1.165, 1.54) is 25.3 Å². The Labute approximate surface area is 114 Å². The second kappa shape index (κ2) is 6.78. The van der Waals surface area contributed by atoms with Crippen molar-refractivity contribution in [1.29, 1.82) is 0 Å². The van der Waals surface area contributed by atoms with Crippen molar-refractivity contribution in [3.63, 3.8) is 0 Å². The normalized spacial score (nSPS) is 23.4. The Hall–Kier alpha value is -1.26. The van der Waals surface area contributed by atoms with Crippen LogP contribution in [0.25, 0.3) is 0 Å². The lowest BCUT2D eigenvalue weighted by Gasteiger charge is -2.30. The zero-order valence-electron chi connectivity index (χ0n) is 11.2. The van der Waals surface area contributed by atoms with Crippen LogP contribution in [0.4, 0.5) is 0 Å². The van der Waals surface area contributed by atoms with Gasteiger partial charge in [0.25, 0.3) is 0 Å². The molecule has 0 spiro atoms. The summed E-state index contributed by atoms with van der Waals surface area (Å²) in [6.07, 6.45) is 4.75. The van der Waals surface area contributed by atoms with Crippen LogP contribution in [-0.2, 0) is 6.54 Å². The lowest BCUT2D eigenvalue weighted by atomic mass is 9.79. The number of hydrogen-bond acceptors (Lipinski definition) is 4. The van der Waals surface area contributed by atoms with E-state index < -0.39 is 0 Å². The van der Waals surface area contributed by atoms with Gasteiger partial charge in [-0.3, -0.25) is 0 Å². The van der Waals surface area contributed by atoms with Crippen LogP contribution in [-0.4, -0.2) is 28.5 Å². The van der Waals surface area contributed by atoms with Gasteiger partial charge in [0.2, 0.25) is 0 Å². The van der Waals surface area contributed by atoms with Crippen LogP contribution in [0.1, 0.15) is 31.2 Å². The summed E-state index contributed by atoms with van der Waals surface area (Å²) in [4.78, 5) is 0. The van der Waals surface area contributed by atoms with E-state index in [2.05, 4.69) is 5.32 Å². The summed E-state index contributed by atoms with van der Waals surface area (Å²) in [5, 5.41) is 31.6. The second-order valence-corrected chi connectivity index (χ2v) is 5.43. The van der Waals surface area contributed by atoms with Gasteiger partial charge in [-0.2, -0.15) is 0 Å². The molecule has 0 saturated heterocycles. The molecule has 0 bridgehead atoms. The Morgan fingerprint density at radius 2 is 1.84 bits per heavy atom. The van der Waals surface area contributed by atoms with Gasteiger partial charge in [-0.05, 0) is 37.3 Å². The van der Waals surface area contributed by atoms with Gasteiger partial charge >= 0.3 is 0 Å². The number of phenolic OH excluding ortho intramolecular Hbond substituents is 2. The topological polar surface area (TPSA) is 72.7 Å². The lowest BCUT2D eigenvalue weighted by molar-refractivity contribution is 0.133. The number of rotatable bonds is 5.